The molecule has 2 aliphatic heterocycles. The molecular formula is C16H21NO2. The Morgan fingerprint density at radius 2 is 2.21 bits per heavy atom. The monoisotopic (exact) mass is 259 g/mol. The molecule has 0 aromatic heterocycles. The van der Waals surface area contributed by atoms with Gasteiger partial charge in [0.2, 0.25) is 6.79 Å². The van der Waals surface area contributed by atoms with Gasteiger partial charge in [0.05, 0.1) is 0 Å². The molecule has 102 valence electrons. The highest BCUT2D eigenvalue weighted by Gasteiger charge is 2.18. The summed E-state index contributed by atoms with van der Waals surface area (Å²) in [5, 5.41) is 3.56. The number of piperidine rings is 1. The van der Waals surface area contributed by atoms with Crippen LogP contribution in [0.25, 0.3) is 6.08 Å². The van der Waals surface area contributed by atoms with Crippen LogP contribution in [0, 0.1) is 5.92 Å². The highest BCUT2D eigenvalue weighted by atomic mass is 16.7. The fraction of sp³-hybridized carbons (Fsp3) is 0.500. The van der Waals surface area contributed by atoms with Gasteiger partial charge in [-0.2, -0.15) is 0 Å². The number of ether oxygens (including phenoxy) is 2. The van der Waals surface area contributed by atoms with Crippen molar-refractivity contribution in [1.29, 1.82) is 0 Å². The summed E-state index contributed by atoms with van der Waals surface area (Å²) < 4.78 is 10.7. The average Bonchev–Trinajstić information content (AvgIpc) is 2.93. The zero-order chi connectivity index (χ0) is 13.1. The third kappa shape index (κ3) is 2.92. The molecule has 1 aromatic rings. The maximum Gasteiger partial charge on any atom is 0.231 e. The molecule has 2 aliphatic rings. The van der Waals surface area contributed by atoms with Crippen LogP contribution in [0.15, 0.2) is 24.3 Å². The minimum Gasteiger partial charge on any atom is -0.454 e. The molecule has 2 atom stereocenters. The Hall–Kier alpha value is -1.48. The van der Waals surface area contributed by atoms with Crippen LogP contribution in [-0.4, -0.2) is 19.4 Å². The zero-order valence-corrected chi connectivity index (χ0v) is 11.4. The van der Waals surface area contributed by atoms with Gasteiger partial charge in [-0.3, -0.25) is 0 Å². The minimum atomic E-state index is 0.338. The predicted octanol–water partition coefficient (Wildman–Crippen LogP) is 3.21. The van der Waals surface area contributed by atoms with E-state index in [9.17, 15) is 0 Å². The van der Waals surface area contributed by atoms with Crippen LogP contribution in [-0.2, 0) is 0 Å². The van der Waals surface area contributed by atoms with Gasteiger partial charge < -0.3 is 14.8 Å². The van der Waals surface area contributed by atoms with E-state index < -0.39 is 0 Å². The first kappa shape index (κ1) is 12.5. The summed E-state index contributed by atoms with van der Waals surface area (Å²) in [5.74, 6) is 2.57. The van der Waals surface area contributed by atoms with Crippen molar-refractivity contribution in [1.82, 2.24) is 5.32 Å². The average molecular weight is 259 g/mol. The molecule has 3 rings (SSSR count). The van der Waals surface area contributed by atoms with E-state index in [1.54, 1.807) is 0 Å². The summed E-state index contributed by atoms with van der Waals surface area (Å²) in [7, 11) is 0. The highest BCUT2D eigenvalue weighted by Crippen LogP contribution is 2.33. The van der Waals surface area contributed by atoms with Crippen LogP contribution in [0.2, 0.25) is 0 Å². The van der Waals surface area contributed by atoms with E-state index in [2.05, 4.69) is 30.5 Å². The van der Waals surface area contributed by atoms with Gasteiger partial charge in [-0.25, -0.2) is 0 Å². The first-order valence-corrected chi connectivity index (χ1v) is 7.16. The van der Waals surface area contributed by atoms with Crippen LogP contribution in [0.4, 0.5) is 0 Å². The minimum absolute atomic E-state index is 0.338. The normalized spacial score (nSPS) is 25.9. The van der Waals surface area contributed by atoms with E-state index in [-0.39, 0.29) is 0 Å². The van der Waals surface area contributed by atoms with Crippen LogP contribution in [0.3, 0.4) is 0 Å². The Labute approximate surface area is 114 Å². The van der Waals surface area contributed by atoms with Crippen molar-refractivity contribution in [2.45, 2.75) is 32.2 Å². The van der Waals surface area contributed by atoms with Crippen molar-refractivity contribution in [3.05, 3.63) is 29.8 Å². The Balaban J connectivity index is 1.65. The summed E-state index contributed by atoms with van der Waals surface area (Å²) in [4.78, 5) is 0. The lowest BCUT2D eigenvalue weighted by molar-refractivity contribution is 0.174. The Morgan fingerprint density at radius 1 is 1.32 bits per heavy atom. The molecule has 19 heavy (non-hydrogen) atoms. The number of hydrogen-bond donors (Lipinski definition) is 1. The molecule has 0 saturated carbocycles. The van der Waals surface area contributed by atoms with Gasteiger partial charge in [-0.05, 0) is 43.0 Å². The second kappa shape index (κ2) is 5.66. The van der Waals surface area contributed by atoms with Crippen molar-refractivity contribution in [2.24, 2.45) is 5.92 Å². The van der Waals surface area contributed by atoms with Crippen LogP contribution in [0.5, 0.6) is 11.5 Å². The largest absolute Gasteiger partial charge is 0.454 e. The topological polar surface area (TPSA) is 30.5 Å². The van der Waals surface area contributed by atoms with Crippen LogP contribution >= 0.6 is 0 Å². The zero-order valence-electron chi connectivity index (χ0n) is 11.4. The first-order valence-electron chi connectivity index (χ1n) is 7.16. The van der Waals surface area contributed by atoms with E-state index in [4.69, 9.17) is 9.47 Å². The fourth-order valence-corrected chi connectivity index (χ4v) is 2.79. The molecule has 1 aromatic carbocycles. The lowest BCUT2D eigenvalue weighted by atomic mass is 9.90. The maximum atomic E-state index is 5.39. The molecule has 3 heteroatoms. The molecule has 3 nitrogen and oxygen atoms in total. The van der Waals surface area contributed by atoms with Crippen molar-refractivity contribution < 1.29 is 9.47 Å². The molecule has 1 N–H and O–H groups in total. The first-order chi connectivity index (χ1) is 9.35. The lowest BCUT2D eigenvalue weighted by Crippen LogP contribution is -2.36. The van der Waals surface area contributed by atoms with Gasteiger partial charge in [-0.15, -0.1) is 0 Å². The van der Waals surface area contributed by atoms with Gasteiger partial charge in [0.25, 0.3) is 0 Å². The number of fused-ring (bicyclic) bond motifs is 1. The third-order valence-electron chi connectivity index (χ3n) is 4.04. The molecule has 0 amide bonds. The fourth-order valence-electron chi connectivity index (χ4n) is 2.79. The second-order valence-electron chi connectivity index (χ2n) is 5.33. The number of rotatable bonds is 3. The molecule has 0 radical (unpaired) electrons. The van der Waals surface area contributed by atoms with Crippen molar-refractivity contribution >= 4 is 6.08 Å². The number of nitrogens with one attached hydrogen (secondary N) is 1. The maximum absolute atomic E-state index is 5.39. The number of benzene rings is 1. The third-order valence-corrected chi connectivity index (χ3v) is 4.04. The summed E-state index contributed by atoms with van der Waals surface area (Å²) >= 11 is 0. The second-order valence-corrected chi connectivity index (χ2v) is 5.33. The molecule has 1 fully saturated rings. The summed E-state index contributed by atoms with van der Waals surface area (Å²) in [6.07, 6.45) is 8.30. The molecule has 0 aliphatic carbocycles. The Bertz CT molecular complexity index is 470. The molecule has 2 unspecified atom stereocenters. The van der Waals surface area contributed by atoms with E-state index >= 15 is 0 Å². The SMILES string of the molecule is CCC1CCNC(/C=C/c2ccc3c(c2)OCO3)C1. The van der Waals surface area contributed by atoms with E-state index in [1.165, 1.54) is 24.8 Å². The van der Waals surface area contributed by atoms with Gasteiger partial charge >= 0.3 is 0 Å². The van der Waals surface area contributed by atoms with Gasteiger partial charge in [-0.1, -0.05) is 31.6 Å². The van der Waals surface area contributed by atoms with Gasteiger partial charge in [0.15, 0.2) is 11.5 Å². The van der Waals surface area contributed by atoms with Crippen LogP contribution in [0.1, 0.15) is 31.7 Å². The van der Waals surface area contributed by atoms with E-state index in [1.807, 2.05) is 12.1 Å². The summed E-state index contributed by atoms with van der Waals surface area (Å²) in [5.41, 5.74) is 1.17. The molecule has 2 heterocycles. The smallest absolute Gasteiger partial charge is 0.231 e. The van der Waals surface area contributed by atoms with Crippen LogP contribution < -0.4 is 14.8 Å². The van der Waals surface area contributed by atoms with E-state index in [0.717, 1.165) is 24.0 Å². The Kier molecular flexibility index (Phi) is 3.74. The van der Waals surface area contributed by atoms with Crippen molar-refractivity contribution in [3.63, 3.8) is 0 Å². The van der Waals surface area contributed by atoms with Gasteiger partial charge in [0.1, 0.15) is 0 Å². The standard InChI is InChI=1S/C16H21NO2/c1-2-12-7-8-17-14(9-12)5-3-13-4-6-15-16(10-13)19-11-18-15/h3-6,10,12,14,17H,2,7-9,11H2,1H3/b5-3+. The van der Waals surface area contributed by atoms with Crippen molar-refractivity contribution in [2.75, 3.05) is 13.3 Å². The highest BCUT2D eigenvalue weighted by molar-refractivity contribution is 5.56. The Morgan fingerprint density at radius 3 is 3.11 bits per heavy atom. The predicted molar refractivity (Wildman–Crippen MR) is 76.4 cm³/mol. The van der Waals surface area contributed by atoms with Crippen molar-refractivity contribution in [3.8, 4) is 11.5 Å². The molecule has 1 saturated heterocycles. The van der Waals surface area contributed by atoms with Gasteiger partial charge in [0, 0.05) is 6.04 Å². The quantitative estimate of drug-likeness (QED) is 0.904. The summed E-state index contributed by atoms with van der Waals surface area (Å²) in [6.45, 7) is 3.76. The number of hydrogen-bond acceptors (Lipinski definition) is 3. The van der Waals surface area contributed by atoms with E-state index in [0.29, 0.717) is 12.8 Å². The molecular weight excluding hydrogens is 238 g/mol. The molecule has 0 spiro atoms. The summed E-state index contributed by atoms with van der Waals surface area (Å²) in [6, 6.07) is 6.60. The molecule has 0 bridgehead atoms. The lowest BCUT2D eigenvalue weighted by Gasteiger charge is -2.27.